The Bertz CT molecular complexity index is 1080. The molecular formula is C29H38N2O6. The second-order valence-corrected chi connectivity index (χ2v) is 11.7. The Morgan fingerprint density at radius 3 is 2.62 bits per heavy atom. The van der Waals surface area contributed by atoms with Crippen LogP contribution in [0.25, 0.3) is 0 Å². The standard InChI is InChI=1S/C29H38N2O6/c1-3-15-11-17-12-19-18-5-4-6-23(35)30-10-9-21(33)27-28(36)26(29(37)31-27)20(32)8-7-16(18)13-22(34)25(19)24(17)14(15)2/h4,6-8,14-19,21,24-25,27,32-33H,3,5,9-13H2,1-2H3,(H,30,35)(H,31,37)/b6-4-,8-7+,26-20?/t14-,15+,16+,17+,18-,19+,21+,24+,25-,27+/m1/s1. The lowest BCUT2D eigenvalue weighted by Gasteiger charge is -2.40. The molecule has 0 aromatic rings. The van der Waals surface area contributed by atoms with E-state index in [1.807, 2.05) is 6.08 Å². The van der Waals surface area contributed by atoms with E-state index in [2.05, 4.69) is 24.5 Å². The van der Waals surface area contributed by atoms with Crippen molar-refractivity contribution in [3.05, 3.63) is 35.6 Å². The first-order valence-electron chi connectivity index (χ1n) is 13.8. The Hall–Kier alpha value is -2.74. The number of carbonyl (C=O) groups is 4. The van der Waals surface area contributed by atoms with Crippen LogP contribution in [0.1, 0.15) is 52.4 Å². The highest BCUT2D eigenvalue weighted by Crippen LogP contribution is 2.61. The Morgan fingerprint density at radius 2 is 1.86 bits per heavy atom. The van der Waals surface area contributed by atoms with Crippen molar-refractivity contribution >= 4 is 23.4 Å². The number of hydrogen-bond donors (Lipinski definition) is 4. The number of aliphatic hydroxyl groups is 2. The van der Waals surface area contributed by atoms with Crippen molar-refractivity contribution in [1.29, 1.82) is 0 Å². The molecule has 8 nitrogen and oxygen atoms in total. The number of aliphatic hydroxyl groups excluding tert-OH is 2. The number of nitrogens with one attached hydrogen (secondary N) is 2. The summed E-state index contributed by atoms with van der Waals surface area (Å²) in [5.74, 6) is 0.507. The maximum atomic E-state index is 13.5. The van der Waals surface area contributed by atoms with Gasteiger partial charge in [-0.3, -0.25) is 19.2 Å². The minimum atomic E-state index is -1.20. The van der Waals surface area contributed by atoms with E-state index in [4.69, 9.17) is 0 Å². The zero-order valence-corrected chi connectivity index (χ0v) is 21.6. The summed E-state index contributed by atoms with van der Waals surface area (Å²) >= 11 is 0. The lowest BCUT2D eigenvalue weighted by atomic mass is 9.63. The number of allylic oxidation sites excluding steroid dienone is 3. The van der Waals surface area contributed by atoms with Gasteiger partial charge in [0.15, 0.2) is 5.78 Å². The van der Waals surface area contributed by atoms with Crippen LogP contribution in [0.4, 0.5) is 0 Å². The Morgan fingerprint density at radius 1 is 1.08 bits per heavy atom. The molecule has 3 saturated carbocycles. The zero-order valence-electron chi connectivity index (χ0n) is 21.6. The second-order valence-electron chi connectivity index (χ2n) is 11.7. The first-order chi connectivity index (χ1) is 17.7. The largest absolute Gasteiger partial charge is 0.507 e. The number of carbonyl (C=O) groups excluding carboxylic acids is 4. The van der Waals surface area contributed by atoms with Gasteiger partial charge in [-0.15, -0.1) is 0 Å². The van der Waals surface area contributed by atoms with Crippen LogP contribution in [-0.2, 0) is 19.2 Å². The summed E-state index contributed by atoms with van der Waals surface area (Å²) in [5.41, 5.74) is -0.372. The summed E-state index contributed by atoms with van der Waals surface area (Å²) in [7, 11) is 0. The predicted molar refractivity (Wildman–Crippen MR) is 136 cm³/mol. The molecule has 5 rings (SSSR count). The van der Waals surface area contributed by atoms with Gasteiger partial charge in [-0.25, -0.2) is 0 Å². The fourth-order valence-corrected chi connectivity index (χ4v) is 8.25. The van der Waals surface area contributed by atoms with Gasteiger partial charge < -0.3 is 20.8 Å². The first-order valence-corrected chi connectivity index (χ1v) is 13.8. The maximum Gasteiger partial charge on any atom is 0.259 e. The summed E-state index contributed by atoms with van der Waals surface area (Å²) in [4.78, 5) is 51.2. The van der Waals surface area contributed by atoms with E-state index in [0.717, 1.165) is 12.8 Å². The van der Waals surface area contributed by atoms with E-state index in [1.165, 1.54) is 18.6 Å². The quantitative estimate of drug-likeness (QED) is 0.401. The van der Waals surface area contributed by atoms with Gasteiger partial charge in [0.1, 0.15) is 23.2 Å². The summed E-state index contributed by atoms with van der Waals surface area (Å²) in [6.07, 6.45) is 9.70. The average molecular weight is 511 g/mol. The van der Waals surface area contributed by atoms with Crippen molar-refractivity contribution in [3.8, 4) is 0 Å². The van der Waals surface area contributed by atoms with Crippen LogP contribution >= 0.6 is 0 Å². The molecule has 0 aromatic carbocycles. The molecule has 0 aromatic heterocycles. The predicted octanol–water partition coefficient (Wildman–Crippen LogP) is 2.39. The fraction of sp³-hybridized carbons (Fsp3) is 0.655. The number of amides is 2. The van der Waals surface area contributed by atoms with Crippen LogP contribution in [0, 0.1) is 47.3 Å². The highest BCUT2D eigenvalue weighted by atomic mass is 16.3. The van der Waals surface area contributed by atoms with Crippen LogP contribution < -0.4 is 10.6 Å². The van der Waals surface area contributed by atoms with Gasteiger partial charge in [0.05, 0.1) is 6.10 Å². The van der Waals surface area contributed by atoms with Crippen LogP contribution in [0.15, 0.2) is 35.6 Å². The summed E-state index contributed by atoms with van der Waals surface area (Å²) in [5, 5.41) is 26.3. The van der Waals surface area contributed by atoms with Crippen molar-refractivity contribution < 1.29 is 29.4 Å². The molecule has 2 heterocycles. The third-order valence-electron chi connectivity index (χ3n) is 9.99. The molecule has 2 aliphatic heterocycles. The average Bonchev–Trinajstić information content (AvgIpc) is 3.48. The molecule has 2 bridgehead atoms. The topological polar surface area (TPSA) is 133 Å². The highest BCUT2D eigenvalue weighted by molar-refractivity contribution is 6.27. The molecule has 0 spiro atoms. The molecular weight excluding hydrogens is 472 g/mol. The van der Waals surface area contributed by atoms with Gasteiger partial charge in [0, 0.05) is 18.9 Å². The van der Waals surface area contributed by atoms with Gasteiger partial charge >= 0.3 is 0 Å². The zero-order chi connectivity index (χ0) is 26.4. The molecule has 4 fully saturated rings. The van der Waals surface area contributed by atoms with E-state index in [9.17, 15) is 29.4 Å². The summed E-state index contributed by atoms with van der Waals surface area (Å²) in [6.45, 7) is 4.68. The molecule has 2 amide bonds. The van der Waals surface area contributed by atoms with E-state index in [-0.39, 0.29) is 53.9 Å². The van der Waals surface area contributed by atoms with E-state index in [1.54, 1.807) is 6.08 Å². The van der Waals surface area contributed by atoms with Crippen molar-refractivity contribution in [2.45, 2.75) is 64.5 Å². The third kappa shape index (κ3) is 4.58. The Balaban J connectivity index is 1.47. The minimum absolute atomic E-state index is 0.0374. The van der Waals surface area contributed by atoms with Crippen LogP contribution in [0.2, 0.25) is 0 Å². The minimum Gasteiger partial charge on any atom is -0.507 e. The molecule has 4 N–H and O–H groups in total. The van der Waals surface area contributed by atoms with Gasteiger partial charge in [-0.1, -0.05) is 32.4 Å². The molecule has 10 atom stereocenters. The molecule has 5 aliphatic rings. The first kappa shape index (κ1) is 25.9. The highest BCUT2D eigenvalue weighted by Gasteiger charge is 2.58. The second kappa shape index (κ2) is 10.2. The van der Waals surface area contributed by atoms with Gasteiger partial charge in [-0.2, -0.15) is 0 Å². The Labute approximate surface area is 217 Å². The van der Waals surface area contributed by atoms with E-state index in [0.29, 0.717) is 36.5 Å². The van der Waals surface area contributed by atoms with Crippen molar-refractivity contribution in [2.24, 2.45) is 47.3 Å². The van der Waals surface area contributed by atoms with Crippen molar-refractivity contribution in [1.82, 2.24) is 10.6 Å². The molecule has 3 aliphatic carbocycles. The van der Waals surface area contributed by atoms with Crippen LogP contribution in [0.5, 0.6) is 0 Å². The van der Waals surface area contributed by atoms with Crippen molar-refractivity contribution in [3.63, 3.8) is 0 Å². The SMILES string of the molecule is CC[C@H]1C[C@H]2C[C@H]3[C@@H]4C/C=C\C(=O)NCC[C@H](O)[C@@H]5NC(=O)C(=C(O)/C=C/[C@H]4CC(=O)[C@@H]3[C@H]2[C@@H]1C)C5=O. The lowest BCUT2D eigenvalue weighted by molar-refractivity contribution is -0.131. The number of hydrogen-bond acceptors (Lipinski definition) is 6. The molecule has 8 heteroatoms. The van der Waals surface area contributed by atoms with Crippen LogP contribution in [0.3, 0.4) is 0 Å². The van der Waals surface area contributed by atoms with E-state index < -0.39 is 29.6 Å². The van der Waals surface area contributed by atoms with Gasteiger partial charge in [0.2, 0.25) is 5.91 Å². The number of ketones is 2. The number of rotatable bonds is 1. The lowest BCUT2D eigenvalue weighted by Crippen LogP contribution is -2.42. The molecule has 0 unspecified atom stereocenters. The summed E-state index contributed by atoms with van der Waals surface area (Å²) < 4.78 is 0. The third-order valence-corrected chi connectivity index (χ3v) is 9.99. The molecule has 37 heavy (non-hydrogen) atoms. The molecule has 1 saturated heterocycles. The fourth-order valence-electron chi connectivity index (χ4n) is 8.25. The Kier molecular flexibility index (Phi) is 7.14. The smallest absolute Gasteiger partial charge is 0.259 e. The number of fused-ring (bicyclic) bond motifs is 7. The van der Waals surface area contributed by atoms with Crippen LogP contribution in [-0.4, -0.2) is 52.3 Å². The van der Waals surface area contributed by atoms with E-state index >= 15 is 0 Å². The summed E-state index contributed by atoms with van der Waals surface area (Å²) in [6, 6.07) is -1.17. The molecule has 200 valence electrons. The van der Waals surface area contributed by atoms with Gasteiger partial charge in [-0.05, 0) is 79.3 Å². The normalized spacial score (nSPS) is 44.1. The molecule has 0 radical (unpaired) electrons. The number of Topliss-reactive ketones (excluding diaryl/α,β-unsaturated/α-hetero) is 2. The maximum absolute atomic E-state index is 13.5. The van der Waals surface area contributed by atoms with Crippen molar-refractivity contribution in [2.75, 3.05) is 6.54 Å². The van der Waals surface area contributed by atoms with Gasteiger partial charge in [0.25, 0.3) is 5.91 Å². The monoisotopic (exact) mass is 510 g/mol.